The first-order valence-corrected chi connectivity index (χ1v) is 6.35. The summed E-state index contributed by atoms with van der Waals surface area (Å²) in [5, 5.41) is 2.95. The minimum absolute atomic E-state index is 0.0996. The number of aryl methyl sites for hydroxylation is 1. The zero-order chi connectivity index (χ0) is 13.6. The molecule has 18 heavy (non-hydrogen) atoms. The van der Waals surface area contributed by atoms with Crippen molar-refractivity contribution < 1.29 is 9.53 Å². The summed E-state index contributed by atoms with van der Waals surface area (Å²) >= 11 is 0. The number of hydrogen-bond donors (Lipinski definition) is 1. The Hall–Kier alpha value is -1.51. The van der Waals surface area contributed by atoms with Crippen molar-refractivity contribution in [3.8, 4) is 5.75 Å². The van der Waals surface area contributed by atoms with E-state index in [0.717, 1.165) is 18.6 Å². The second-order valence-corrected chi connectivity index (χ2v) is 5.42. The van der Waals surface area contributed by atoms with E-state index in [4.69, 9.17) is 4.74 Å². The van der Waals surface area contributed by atoms with Crippen LogP contribution < -0.4 is 10.1 Å². The van der Waals surface area contributed by atoms with E-state index >= 15 is 0 Å². The van der Waals surface area contributed by atoms with Crippen LogP contribution in [-0.4, -0.2) is 19.6 Å². The van der Waals surface area contributed by atoms with Crippen molar-refractivity contribution in [1.82, 2.24) is 5.32 Å². The molecule has 0 atom stereocenters. The average Bonchev–Trinajstić information content (AvgIpc) is 2.33. The van der Waals surface area contributed by atoms with E-state index in [1.54, 1.807) is 7.11 Å². The van der Waals surface area contributed by atoms with Gasteiger partial charge in [-0.05, 0) is 24.5 Å². The van der Waals surface area contributed by atoms with Crippen molar-refractivity contribution in [3.05, 3.63) is 29.8 Å². The normalized spacial score (nSPS) is 11.1. The maximum atomic E-state index is 11.7. The summed E-state index contributed by atoms with van der Waals surface area (Å²) in [6.45, 7) is 6.46. The third kappa shape index (κ3) is 4.40. The molecule has 1 rings (SSSR count). The Morgan fingerprint density at radius 3 is 2.56 bits per heavy atom. The molecule has 0 fully saturated rings. The van der Waals surface area contributed by atoms with Gasteiger partial charge in [0.15, 0.2) is 0 Å². The highest BCUT2D eigenvalue weighted by Gasteiger charge is 2.20. The van der Waals surface area contributed by atoms with Crippen LogP contribution >= 0.6 is 0 Å². The Labute approximate surface area is 110 Å². The smallest absolute Gasteiger partial charge is 0.225 e. The monoisotopic (exact) mass is 249 g/mol. The van der Waals surface area contributed by atoms with Gasteiger partial charge in [0.25, 0.3) is 0 Å². The quantitative estimate of drug-likeness (QED) is 0.815. The molecular formula is C15H23NO2. The van der Waals surface area contributed by atoms with Gasteiger partial charge in [0.05, 0.1) is 7.11 Å². The molecule has 0 saturated carbocycles. The van der Waals surface area contributed by atoms with Crippen molar-refractivity contribution in [1.29, 1.82) is 0 Å². The van der Waals surface area contributed by atoms with Gasteiger partial charge >= 0.3 is 0 Å². The molecule has 0 aromatic heterocycles. The van der Waals surface area contributed by atoms with Gasteiger partial charge < -0.3 is 10.1 Å². The van der Waals surface area contributed by atoms with Crippen LogP contribution in [0.2, 0.25) is 0 Å². The van der Waals surface area contributed by atoms with Gasteiger partial charge in [-0.1, -0.05) is 39.0 Å². The molecule has 1 N–H and O–H groups in total. The molecule has 0 unspecified atom stereocenters. The molecule has 0 aliphatic carbocycles. The number of amides is 1. The number of methoxy groups -OCH3 is 1. The lowest BCUT2D eigenvalue weighted by molar-refractivity contribution is -0.128. The molecule has 0 aliphatic rings. The van der Waals surface area contributed by atoms with Crippen LogP contribution in [0.5, 0.6) is 5.75 Å². The average molecular weight is 249 g/mol. The predicted octanol–water partition coefficient (Wildman–Crippen LogP) is 2.79. The molecule has 100 valence electrons. The standard InChI is InChI=1S/C15H23NO2/c1-15(2,3)14(17)16-11-7-9-12-8-5-6-10-13(12)18-4/h5-6,8,10H,7,9,11H2,1-4H3,(H,16,17). The minimum atomic E-state index is -0.315. The summed E-state index contributed by atoms with van der Waals surface area (Å²) in [7, 11) is 1.68. The maximum absolute atomic E-state index is 11.7. The molecule has 1 aromatic carbocycles. The lowest BCUT2D eigenvalue weighted by Gasteiger charge is -2.17. The van der Waals surface area contributed by atoms with Crippen molar-refractivity contribution >= 4 is 5.91 Å². The largest absolute Gasteiger partial charge is 0.496 e. The van der Waals surface area contributed by atoms with Gasteiger partial charge in [-0.25, -0.2) is 0 Å². The summed E-state index contributed by atoms with van der Waals surface area (Å²) in [6, 6.07) is 7.99. The second kappa shape index (κ2) is 6.43. The summed E-state index contributed by atoms with van der Waals surface area (Å²) in [5.41, 5.74) is 0.870. The van der Waals surface area contributed by atoms with E-state index in [0.29, 0.717) is 6.54 Å². The molecular weight excluding hydrogens is 226 g/mol. The van der Waals surface area contributed by atoms with Crippen LogP contribution in [0, 0.1) is 5.41 Å². The fraction of sp³-hybridized carbons (Fsp3) is 0.533. The lowest BCUT2D eigenvalue weighted by atomic mass is 9.95. The third-order valence-electron chi connectivity index (χ3n) is 2.78. The first-order valence-electron chi connectivity index (χ1n) is 6.35. The van der Waals surface area contributed by atoms with Crippen molar-refractivity contribution in [2.24, 2.45) is 5.41 Å². The first kappa shape index (κ1) is 14.6. The molecule has 3 heteroatoms. The molecule has 1 amide bonds. The van der Waals surface area contributed by atoms with Gasteiger partial charge in [-0.2, -0.15) is 0 Å². The Kier molecular flexibility index (Phi) is 5.20. The molecule has 0 radical (unpaired) electrons. The Morgan fingerprint density at radius 1 is 1.28 bits per heavy atom. The van der Waals surface area contributed by atoms with Crippen molar-refractivity contribution in [2.75, 3.05) is 13.7 Å². The zero-order valence-electron chi connectivity index (χ0n) is 11.7. The van der Waals surface area contributed by atoms with Crippen LogP contribution in [0.3, 0.4) is 0 Å². The third-order valence-corrected chi connectivity index (χ3v) is 2.78. The van der Waals surface area contributed by atoms with Crippen LogP contribution in [0.1, 0.15) is 32.8 Å². The van der Waals surface area contributed by atoms with Crippen molar-refractivity contribution in [3.63, 3.8) is 0 Å². The molecule has 0 spiro atoms. The Bertz CT molecular complexity index is 394. The number of ether oxygens (including phenoxy) is 1. The SMILES string of the molecule is COc1ccccc1CCCNC(=O)C(C)(C)C. The molecule has 0 aliphatic heterocycles. The van der Waals surface area contributed by atoms with Crippen LogP contribution in [-0.2, 0) is 11.2 Å². The lowest BCUT2D eigenvalue weighted by Crippen LogP contribution is -2.35. The second-order valence-electron chi connectivity index (χ2n) is 5.42. The molecule has 0 bridgehead atoms. The zero-order valence-corrected chi connectivity index (χ0v) is 11.7. The number of benzene rings is 1. The van der Waals surface area contributed by atoms with Gasteiger partial charge in [0, 0.05) is 12.0 Å². The fourth-order valence-corrected chi connectivity index (χ4v) is 1.66. The number of hydrogen-bond acceptors (Lipinski definition) is 2. The van der Waals surface area contributed by atoms with E-state index in [1.165, 1.54) is 5.56 Å². The van der Waals surface area contributed by atoms with Gasteiger partial charge in [0.2, 0.25) is 5.91 Å². The van der Waals surface area contributed by atoms with E-state index in [1.807, 2.05) is 39.0 Å². The van der Waals surface area contributed by atoms with Crippen LogP contribution in [0.4, 0.5) is 0 Å². The number of carbonyl (C=O) groups excluding carboxylic acids is 1. The highest BCUT2D eigenvalue weighted by atomic mass is 16.5. The van der Waals surface area contributed by atoms with Crippen molar-refractivity contribution in [2.45, 2.75) is 33.6 Å². The summed E-state index contributed by atoms with van der Waals surface area (Å²) < 4.78 is 5.29. The first-order chi connectivity index (χ1) is 8.45. The number of carbonyl (C=O) groups is 1. The number of rotatable bonds is 5. The van der Waals surface area contributed by atoms with E-state index in [2.05, 4.69) is 11.4 Å². The van der Waals surface area contributed by atoms with E-state index < -0.39 is 0 Å². The van der Waals surface area contributed by atoms with E-state index in [-0.39, 0.29) is 11.3 Å². The summed E-state index contributed by atoms with van der Waals surface area (Å²) in [6.07, 6.45) is 1.83. The Balaban J connectivity index is 2.36. The van der Waals surface area contributed by atoms with Gasteiger partial charge in [-0.15, -0.1) is 0 Å². The topological polar surface area (TPSA) is 38.3 Å². The summed E-state index contributed by atoms with van der Waals surface area (Å²) in [5.74, 6) is 1.02. The van der Waals surface area contributed by atoms with E-state index in [9.17, 15) is 4.79 Å². The summed E-state index contributed by atoms with van der Waals surface area (Å²) in [4.78, 5) is 11.7. The number of nitrogens with one attached hydrogen (secondary N) is 1. The highest BCUT2D eigenvalue weighted by Crippen LogP contribution is 2.18. The Morgan fingerprint density at radius 2 is 1.94 bits per heavy atom. The predicted molar refractivity (Wildman–Crippen MR) is 73.8 cm³/mol. The molecule has 3 nitrogen and oxygen atoms in total. The van der Waals surface area contributed by atoms with Crippen LogP contribution in [0.25, 0.3) is 0 Å². The molecule has 1 aromatic rings. The number of para-hydroxylation sites is 1. The minimum Gasteiger partial charge on any atom is -0.496 e. The molecule has 0 heterocycles. The maximum Gasteiger partial charge on any atom is 0.225 e. The molecule has 0 saturated heterocycles. The van der Waals surface area contributed by atoms with Gasteiger partial charge in [0.1, 0.15) is 5.75 Å². The highest BCUT2D eigenvalue weighted by molar-refractivity contribution is 5.81. The van der Waals surface area contributed by atoms with Gasteiger partial charge in [-0.3, -0.25) is 4.79 Å². The fourth-order valence-electron chi connectivity index (χ4n) is 1.66. The van der Waals surface area contributed by atoms with Crippen LogP contribution in [0.15, 0.2) is 24.3 Å².